The van der Waals surface area contributed by atoms with Gasteiger partial charge in [-0.1, -0.05) is 54.1 Å². The van der Waals surface area contributed by atoms with Crippen molar-refractivity contribution < 1.29 is 19.4 Å². The molecular weight excluding hydrogens is 354 g/mol. The van der Waals surface area contributed by atoms with Crippen molar-refractivity contribution in [2.45, 2.75) is 6.04 Å². The smallest absolute Gasteiger partial charge is 0.295 e. The highest BCUT2D eigenvalue weighted by Gasteiger charge is 2.45. The topological polar surface area (TPSA) is 66.8 Å². The molecule has 1 N–H and O–H groups in total. The van der Waals surface area contributed by atoms with Crippen LogP contribution in [0, 0.1) is 0 Å². The Kier molecular flexibility index (Phi) is 5.40. The summed E-state index contributed by atoms with van der Waals surface area (Å²) < 4.78 is 5.07. The van der Waals surface area contributed by atoms with Crippen LogP contribution < -0.4 is 0 Å². The van der Waals surface area contributed by atoms with E-state index >= 15 is 0 Å². The molecule has 0 spiro atoms. The quantitative estimate of drug-likeness (QED) is 0.497. The molecule has 3 rings (SSSR count). The highest BCUT2D eigenvalue weighted by atomic mass is 35.5. The number of hydrogen-bond donors (Lipinski definition) is 1. The first kappa shape index (κ1) is 18.2. The van der Waals surface area contributed by atoms with Crippen molar-refractivity contribution in [3.05, 3.63) is 76.3 Å². The van der Waals surface area contributed by atoms with E-state index in [1.165, 1.54) is 12.0 Å². The lowest BCUT2D eigenvalue weighted by atomic mass is 9.95. The van der Waals surface area contributed by atoms with Crippen molar-refractivity contribution in [3.8, 4) is 0 Å². The molecule has 134 valence electrons. The van der Waals surface area contributed by atoms with E-state index in [2.05, 4.69) is 0 Å². The maximum atomic E-state index is 12.7. The van der Waals surface area contributed by atoms with Crippen LogP contribution in [0.15, 0.2) is 60.2 Å². The molecule has 26 heavy (non-hydrogen) atoms. The van der Waals surface area contributed by atoms with E-state index < -0.39 is 17.7 Å². The van der Waals surface area contributed by atoms with Crippen molar-refractivity contribution in [1.29, 1.82) is 0 Å². The van der Waals surface area contributed by atoms with Gasteiger partial charge in [0, 0.05) is 24.2 Å². The van der Waals surface area contributed by atoms with Gasteiger partial charge in [-0.25, -0.2) is 0 Å². The van der Waals surface area contributed by atoms with Gasteiger partial charge in [-0.15, -0.1) is 0 Å². The van der Waals surface area contributed by atoms with Crippen molar-refractivity contribution in [3.63, 3.8) is 0 Å². The van der Waals surface area contributed by atoms with Crippen LogP contribution in [0.1, 0.15) is 17.2 Å². The standard InChI is InChI=1S/C20H18ClNO4/c1-26-11-10-22-17(14-8-5-9-15(21)12-14)16(19(24)20(22)25)18(23)13-6-3-2-4-7-13/h2-9,12,17,23H,10-11H2,1H3/t17-/m0/s1. The average Bonchev–Trinajstić information content (AvgIpc) is 2.91. The molecule has 2 aromatic carbocycles. The number of likely N-dealkylation sites (tertiary alicyclic amines) is 1. The Morgan fingerprint density at radius 1 is 1.15 bits per heavy atom. The Morgan fingerprint density at radius 2 is 1.88 bits per heavy atom. The number of aliphatic hydroxyl groups excluding tert-OH is 1. The minimum Gasteiger partial charge on any atom is -0.507 e. The van der Waals surface area contributed by atoms with Gasteiger partial charge in [0.25, 0.3) is 11.7 Å². The summed E-state index contributed by atoms with van der Waals surface area (Å²) in [5, 5.41) is 11.3. The van der Waals surface area contributed by atoms with Crippen LogP contribution in [0.25, 0.3) is 5.76 Å². The van der Waals surface area contributed by atoms with E-state index in [4.69, 9.17) is 16.3 Å². The molecule has 6 heteroatoms. The maximum absolute atomic E-state index is 12.7. The number of carbonyl (C=O) groups excluding carboxylic acids is 2. The van der Waals surface area contributed by atoms with E-state index in [-0.39, 0.29) is 24.5 Å². The normalized spacial score (nSPS) is 19.2. The zero-order valence-corrected chi connectivity index (χ0v) is 14.9. The van der Waals surface area contributed by atoms with Crippen LogP contribution in [-0.4, -0.2) is 42.0 Å². The van der Waals surface area contributed by atoms with Crippen LogP contribution in [0.5, 0.6) is 0 Å². The lowest BCUT2D eigenvalue weighted by molar-refractivity contribution is -0.140. The zero-order valence-electron chi connectivity index (χ0n) is 14.2. The Bertz CT molecular complexity index is 863. The number of ketones is 1. The second kappa shape index (κ2) is 7.72. The van der Waals surface area contributed by atoms with Gasteiger partial charge in [-0.05, 0) is 17.7 Å². The van der Waals surface area contributed by atoms with Gasteiger partial charge in [0.05, 0.1) is 18.2 Å². The Hall–Kier alpha value is -2.63. The van der Waals surface area contributed by atoms with Gasteiger partial charge in [-0.2, -0.15) is 0 Å². The van der Waals surface area contributed by atoms with Gasteiger partial charge in [-0.3, -0.25) is 9.59 Å². The third-order valence-electron chi connectivity index (χ3n) is 4.29. The van der Waals surface area contributed by atoms with E-state index in [0.29, 0.717) is 16.1 Å². The molecule has 0 saturated carbocycles. The molecule has 0 radical (unpaired) electrons. The summed E-state index contributed by atoms with van der Waals surface area (Å²) in [4.78, 5) is 26.7. The van der Waals surface area contributed by atoms with E-state index in [1.54, 1.807) is 48.5 Å². The fourth-order valence-electron chi connectivity index (χ4n) is 3.08. The SMILES string of the molecule is COCCN1C(=O)C(=O)C(=C(O)c2ccccc2)[C@@H]1c1cccc(Cl)c1. The number of amides is 1. The molecule has 0 unspecified atom stereocenters. The van der Waals surface area contributed by atoms with E-state index in [9.17, 15) is 14.7 Å². The number of nitrogens with zero attached hydrogens (tertiary/aromatic N) is 1. The number of benzene rings is 2. The first-order valence-corrected chi connectivity index (χ1v) is 8.50. The zero-order chi connectivity index (χ0) is 18.7. The monoisotopic (exact) mass is 371 g/mol. The van der Waals surface area contributed by atoms with Crippen LogP contribution >= 0.6 is 11.6 Å². The molecule has 1 heterocycles. The molecule has 1 fully saturated rings. The average molecular weight is 372 g/mol. The highest BCUT2D eigenvalue weighted by molar-refractivity contribution is 6.46. The van der Waals surface area contributed by atoms with Crippen LogP contribution in [0.2, 0.25) is 5.02 Å². The van der Waals surface area contributed by atoms with Crippen LogP contribution in [0.3, 0.4) is 0 Å². The minimum absolute atomic E-state index is 0.0552. The lowest BCUT2D eigenvalue weighted by Crippen LogP contribution is -2.32. The molecular formula is C20H18ClNO4. The summed E-state index contributed by atoms with van der Waals surface area (Å²) in [6, 6.07) is 14.9. The van der Waals surface area contributed by atoms with Crippen molar-refractivity contribution in [2.75, 3.05) is 20.3 Å². The fraction of sp³-hybridized carbons (Fsp3) is 0.200. The summed E-state index contributed by atoms with van der Waals surface area (Å²) >= 11 is 6.10. The largest absolute Gasteiger partial charge is 0.507 e. The molecule has 0 aliphatic carbocycles. The number of hydrogen-bond acceptors (Lipinski definition) is 4. The fourth-order valence-corrected chi connectivity index (χ4v) is 3.27. The number of methoxy groups -OCH3 is 1. The van der Waals surface area contributed by atoms with Crippen molar-refractivity contribution in [1.82, 2.24) is 4.90 Å². The number of aliphatic hydroxyl groups is 1. The van der Waals surface area contributed by atoms with Crippen LogP contribution in [0.4, 0.5) is 0 Å². The van der Waals surface area contributed by atoms with Gasteiger partial charge >= 0.3 is 0 Å². The molecule has 1 aliphatic heterocycles. The molecule has 1 saturated heterocycles. The van der Waals surface area contributed by atoms with Crippen molar-refractivity contribution in [2.24, 2.45) is 0 Å². The molecule has 1 atom stereocenters. The predicted molar refractivity (Wildman–Crippen MR) is 98.8 cm³/mol. The minimum atomic E-state index is -0.718. The number of Topliss-reactive ketones (excluding diaryl/α,β-unsaturated/α-hetero) is 1. The summed E-state index contributed by atoms with van der Waals surface area (Å²) in [6.07, 6.45) is 0. The number of halogens is 1. The first-order valence-electron chi connectivity index (χ1n) is 8.13. The second-order valence-electron chi connectivity index (χ2n) is 5.91. The molecule has 1 aliphatic rings. The Balaban J connectivity index is 2.16. The van der Waals surface area contributed by atoms with Crippen LogP contribution in [-0.2, 0) is 14.3 Å². The third kappa shape index (κ3) is 3.36. The van der Waals surface area contributed by atoms with Gasteiger partial charge in [0.15, 0.2) is 0 Å². The third-order valence-corrected chi connectivity index (χ3v) is 4.52. The van der Waals surface area contributed by atoms with E-state index in [1.807, 2.05) is 6.07 Å². The highest BCUT2D eigenvalue weighted by Crippen LogP contribution is 2.39. The van der Waals surface area contributed by atoms with Gasteiger partial charge < -0.3 is 14.7 Å². The number of carbonyl (C=O) groups is 2. The van der Waals surface area contributed by atoms with E-state index in [0.717, 1.165) is 0 Å². The number of rotatable bonds is 5. The molecule has 0 aromatic heterocycles. The maximum Gasteiger partial charge on any atom is 0.295 e. The molecule has 5 nitrogen and oxygen atoms in total. The Morgan fingerprint density at radius 3 is 2.54 bits per heavy atom. The summed E-state index contributed by atoms with van der Waals surface area (Å²) in [5.74, 6) is -1.58. The molecule has 2 aromatic rings. The van der Waals surface area contributed by atoms with Gasteiger partial charge in [0.2, 0.25) is 0 Å². The lowest BCUT2D eigenvalue weighted by Gasteiger charge is -2.25. The number of ether oxygens (including phenoxy) is 1. The van der Waals surface area contributed by atoms with Gasteiger partial charge in [0.1, 0.15) is 5.76 Å². The summed E-state index contributed by atoms with van der Waals surface area (Å²) in [6.45, 7) is 0.499. The summed E-state index contributed by atoms with van der Waals surface area (Å²) in [7, 11) is 1.52. The van der Waals surface area contributed by atoms with Crippen molar-refractivity contribution >= 4 is 29.1 Å². The second-order valence-corrected chi connectivity index (χ2v) is 6.34. The Labute approximate surface area is 156 Å². The predicted octanol–water partition coefficient (Wildman–Crippen LogP) is 3.41. The summed E-state index contributed by atoms with van der Waals surface area (Å²) in [5.41, 5.74) is 1.19. The first-order chi connectivity index (χ1) is 12.5. The molecule has 1 amide bonds. The molecule has 0 bridgehead atoms.